The molecule has 4 nitrogen and oxygen atoms in total. The maximum Gasteiger partial charge on any atom is 0.407 e. The Balaban J connectivity index is 1.94. The van der Waals surface area contributed by atoms with Crippen molar-refractivity contribution in [2.75, 3.05) is 19.6 Å². The molecule has 2 saturated heterocycles. The Morgan fingerprint density at radius 3 is 3.00 bits per heavy atom. The van der Waals surface area contributed by atoms with Gasteiger partial charge >= 0.3 is 6.09 Å². The predicted molar refractivity (Wildman–Crippen MR) is 62.6 cm³/mol. The van der Waals surface area contributed by atoms with Crippen molar-refractivity contribution in [1.82, 2.24) is 10.2 Å². The zero-order valence-corrected chi connectivity index (χ0v) is 10.0. The number of amides is 1. The molecule has 2 fully saturated rings. The molecule has 2 heterocycles. The molecule has 2 N–H and O–H groups in total. The lowest BCUT2D eigenvalue weighted by atomic mass is 9.66. The number of rotatable bonds is 3. The minimum atomic E-state index is -0.750. The standard InChI is InChI=1S/C12H22N2O2/c1-2-3-5-10-12(8-13-10)6-4-7-14(9-12)11(15)16/h10,13H,2-9H2,1H3,(H,15,16). The van der Waals surface area contributed by atoms with Gasteiger partial charge in [0.15, 0.2) is 0 Å². The minimum absolute atomic E-state index is 0.256. The Morgan fingerprint density at radius 1 is 1.62 bits per heavy atom. The molecular weight excluding hydrogens is 204 g/mol. The highest BCUT2D eigenvalue weighted by Crippen LogP contribution is 2.40. The van der Waals surface area contributed by atoms with Crippen LogP contribution in [0.15, 0.2) is 0 Å². The molecule has 2 aliphatic rings. The number of carbonyl (C=O) groups is 1. The Labute approximate surface area is 97.0 Å². The molecule has 0 saturated carbocycles. The highest BCUT2D eigenvalue weighted by Gasteiger charge is 2.48. The van der Waals surface area contributed by atoms with E-state index in [0.29, 0.717) is 6.04 Å². The fourth-order valence-electron chi connectivity index (χ4n) is 3.10. The number of nitrogens with one attached hydrogen (secondary N) is 1. The van der Waals surface area contributed by atoms with E-state index in [1.807, 2.05) is 0 Å². The van der Waals surface area contributed by atoms with Gasteiger partial charge in [0.1, 0.15) is 0 Å². The first-order valence-electron chi connectivity index (χ1n) is 6.39. The summed E-state index contributed by atoms with van der Waals surface area (Å²) in [5, 5.41) is 12.5. The van der Waals surface area contributed by atoms with Crippen LogP contribution in [0.3, 0.4) is 0 Å². The number of carboxylic acid groups (broad SMARTS) is 1. The van der Waals surface area contributed by atoms with E-state index in [4.69, 9.17) is 5.11 Å². The molecule has 0 radical (unpaired) electrons. The number of likely N-dealkylation sites (tertiary alicyclic amines) is 1. The summed E-state index contributed by atoms with van der Waals surface area (Å²) in [5.74, 6) is 0. The summed E-state index contributed by atoms with van der Waals surface area (Å²) >= 11 is 0. The molecule has 16 heavy (non-hydrogen) atoms. The van der Waals surface area contributed by atoms with Crippen LogP contribution in [-0.4, -0.2) is 41.8 Å². The van der Waals surface area contributed by atoms with Gasteiger partial charge in [-0.05, 0) is 19.3 Å². The van der Waals surface area contributed by atoms with Gasteiger partial charge in [-0.15, -0.1) is 0 Å². The van der Waals surface area contributed by atoms with Gasteiger partial charge in [0, 0.05) is 31.1 Å². The number of unbranched alkanes of at least 4 members (excludes halogenated alkanes) is 1. The summed E-state index contributed by atoms with van der Waals surface area (Å²) in [4.78, 5) is 12.6. The molecule has 0 bridgehead atoms. The molecule has 2 unspecified atom stereocenters. The first-order valence-corrected chi connectivity index (χ1v) is 6.39. The minimum Gasteiger partial charge on any atom is -0.465 e. The summed E-state index contributed by atoms with van der Waals surface area (Å²) in [7, 11) is 0. The fraction of sp³-hybridized carbons (Fsp3) is 0.917. The Kier molecular flexibility index (Phi) is 3.38. The fourth-order valence-corrected chi connectivity index (χ4v) is 3.10. The molecule has 0 aromatic heterocycles. The summed E-state index contributed by atoms with van der Waals surface area (Å²) in [5.41, 5.74) is 0.256. The third kappa shape index (κ3) is 2.03. The highest BCUT2D eigenvalue weighted by molar-refractivity contribution is 5.65. The lowest BCUT2D eigenvalue weighted by Crippen LogP contribution is -2.68. The van der Waals surface area contributed by atoms with Crippen molar-refractivity contribution in [1.29, 1.82) is 0 Å². The average molecular weight is 226 g/mol. The van der Waals surface area contributed by atoms with Crippen LogP contribution < -0.4 is 5.32 Å². The summed E-state index contributed by atoms with van der Waals surface area (Å²) in [6, 6.07) is 0.551. The highest BCUT2D eigenvalue weighted by atomic mass is 16.4. The van der Waals surface area contributed by atoms with Crippen LogP contribution in [0.5, 0.6) is 0 Å². The van der Waals surface area contributed by atoms with Crippen molar-refractivity contribution >= 4 is 6.09 Å². The molecule has 4 heteroatoms. The van der Waals surface area contributed by atoms with Crippen LogP contribution >= 0.6 is 0 Å². The van der Waals surface area contributed by atoms with E-state index >= 15 is 0 Å². The summed E-state index contributed by atoms with van der Waals surface area (Å²) in [6.45, 7) is 4.67. The molecule has 0 aromatic rings. The Bertz CT molecular complexity index is 270. The van der Waals surface area contributed by atoms with E-state index in [0.717, 1.165) is 26.1 Å². The van der Waals surface area contributed by atoms with Gasteiger partial charge < -0.3 is 15.3 Å². The second-order valence-corrected chi connectivity index (χ2v) is 5.25. The SMILES string of the molecule is CCCCC1NCC12CCCN(C(=O)O)C2. The van der Waals surface area contributed by atoms with Crippen molar-refractivity contribution in [3.63, 3.8) is 0 Å². The summed E-state index contributed by atoms with van der Waals surface area (Å²) < 4.78 is 0. The third-order valence-corrected chi connectivity index (χ3v) is 4.17. The van der Waals surface area contributed by atoms with E-state index in [9.17, 15) is 4.79 Å². The molecule has 2 rings (SSSR count). The van der Waals surface area contributed by atoms with Gasteiger partial charge in [0.2, 0.25) is 0 Å². The van der Waals surface area contributed by atoms with Gasteiger partial charge in [-0.3, -0.25) is 0 Å². The second kappa shape index (κ2) is 4.62. The summed E-state index contributed by atoms with van der Waals surface area (Å²) in [6.07, 6.45) is 5.13. The first-order chi connectivity index (χ1) is 7.68. The molecular formula is C12H22N2O2. The third-order valence-electron chi connectivity index (χ3n) is 4.17. The van der Waals surface area contributed by atoms with Crippen molar-refractivity contribution in [3.05, 3.63) is 0 Å². The zero-order chi connectivity index (χ0) is 11.6. The number of nitrogens with zero attached hydrogens (tertiary/aromatic N) is 1. The van der Waals surface area contributed by atoms with Gasteiger partial charge in [-0.25, -0.2) is 4.79 Å². The van der Waals surface area contributed by atoms with Crippen molar-refractivity contribution < 1.29 is 9.90 Å². The molecule has 2 atom stereocenters. The molecule has 0 aromatic carbocycles. The van der Waals surface area contributed by atoms with Crippen molar-refractivity contribution in [2.24, 2.45) is 5.41 Å². The number of piperidine rings is 1. The van der Waals surface area contributed by atoms with Gasteiger partial charge in [0.05, 0.1) is 0 Å². The van der Waals surface area contributed by atoms with E-state index < -0.39 is 6.09 Å². The van der Waals surface area contributed by atoms with E-state index in [1.165, 1.54) is 25.7 Å². The number of hydrogen-bond donors (Lipinski definition) is 2. The van der Waals surface area contributed by atoms with Crippen LogP contribution in [0, 0.1) is 5.41 Å². The Morgan fingerprint density at radius 2 is 2.44 bits per heavy atom. The normalized spacial score (nSPS) is 33.8. The average Bonchev–Trinajstić information content (AvgIpc) is 2.28. The quantitative estimate of drug-likeness (QED) is 0.773. The van der Waals surface area contributed by atoms with Crippen LogP contribution in [0.1, 0.15) is 39.0 Å². The van der Waals surface area contributed by atoms with E-state index in [2.05, 4.69) is 12.2 Å². The molecule has 1 amide bonds. The van der Waals surface area contributed by atoms with Gasteiger partial charge in [-0.2, -0.15) is 0 Å². The van der Waals surface area contributed by atoms with E-state index in [-0.39, 0.29) is 5.41 Å². The maximum absolute atomic E-state index is 11.0. The van der Waals surface area contributed by atoms with Gasteiger partial charge in [0.25, 0.3) is 0 Å². The van der Waals surface area contributed by atoms with E-state index in [1.54, 1.807) is 4.90 Å². The van der Waals surface area contributed by atoms with Crippen LogP contribution in [0.4, 0.5) is 4.79 Å². The molecule has 92 valence electrons. The van der Waals surface area contributed by atoms with Crippen molar-refractivity contribution in [3.8, 4) is 0 Å². The lowest BCUT2D eigenvalue weighted by molar-refractivity contribution is -0.00519. The van der Waals surface area contributed by atoms with Crippen LogP contribution in [-0.2, 0) is 0 Å². The molecule has 2 aliphatic heterocycles. The smallest absolute Gasteiger partial charge is 0.407 e. The van der Waals surface area contributed by atoms with Gasteiger partial charge in [-0.1, -0.05) is 19.8 Å². The topological polar surface area (TPSA) is 52.6 Å². The lowest BCUT2D eigenvalue weighted by Gasteiger charge is -2.55. The first kappa shape index (κ1) is 11.7. The van der Waals surface area contributed by atoms with Crippen molar-refractivity contribution in [2.45, 2.75) is 45.1 Å². The second-order valence-electron chi connectivity index (χ2n) is 5.25. The Hall–Kier alpha value is -0.770. The molecule has 0 aliphatic carbocycles. The number of hydrogen-bond acceptors (Lipinski definition) is 2. The largest absolute Gasteiger partial charge is 0.465 e. The van der Waals surface area contributed by atoms with Crippen LogP contribution in [0.2, 0.25) is 0 Å². The zero-order valence-electron chi connectivity index (χ0n) is 10.0. The van der Waals surface area contributed by atoms with Crippen LogP contribution in [0.25, 0.3) is 0 Å². The maximum atomic E-state index is 11.0. The molecule has 1 spiro atoms. The predicted octanol–water partition coefficient (Wildman–Crippen LogP) is 1.91. The monoisotopic (exact) mass is 226 g/mol.